The number of amides is 1. The molecular weight excluding hydrogens is 324 g/mol. The summed E-state index contributed by atoms with van der Waals surface area (Å²) in [7, 11) is 0. The van der Waals surface area contributed by atoms with Crippen molar-refractivity contribution in [2.45, 2.75) is 31.6 Å². The van der Waals surface area contributed by atoms with Gasteiger partial charge in [0.1, 0.15) is 0 Å². The van der Waals surface area contributed by atoms with Crippen LogP contribution in [-0.4, -0.2) is 38.5 Å². The maximum Gasteiger partial charge on any atom is 0.225 e. The van der Waals surface area contributed by atoms with Gasteiger partial charge in [0, 0.05) is 36.7 Å². The minimum absolute atomic E-state index is 0.316. The van der Waals surface area contributed by atoms with Crippen LogP contribution in [0.3, 0.4) is 0 Å². The zero-order chi connectivity index (χ0) is 17.5. The van der Waals surface area contributed by atoms with E-state index >= 15 is 0 Å². The van der Waals surface area contributed by atoms with Gasteiger partial charge in [-0.2, -0.15) is 5.10 Å². The summed E-state index contributed by atoms with van der Waals surface area (Å²) in [6, 6.07) is 14.4. The predicted molar refractivity (Wildman–Crippen MR) is 99.7 cm³/mol. The molecule has 0 N–H and O–H groups in total. The van der Waals surface area contributed by atoms with Gasteiger partial charge in [-0.15, -0.1) is 0 Å². The topological polar surface area (TPSA) is 50.5 Å². The van der Waals surface area contributed by atoms with Crippen LogP contribution in [0.4, 0.5) is 0 Å². The van der Waals surface area contributed by atoms with E-state index in [-0.39, 0.29) is 0 Å². The van der Waals surface area contributed by atoms with E-state index in [0.717, 1.165) is 55.8 Å². The molecule has 2 fully saturated rings. The van der Waals surface area contributed by atoms with Gasteiger partial charge in [-0.25, -0.2) is 9.50 Å². The van der Waals surface area contributed by atoms with Gasteiger partial charge in [-0.1, -0.05) is 30.3 Å². The van der Waals surface area contributed by atoms with Crippen molar-refractivity contribution < 1.29 is 4.79 Å². The molecule has 5 heteroatoms. The van der Waals surface area contributed by atoms with Crippen LogP contribution in [-0.2, 0) is 4.79 Å². The highest BCUT2D eigenvalue weighted by molar-refractivity contribution is 5.81. The standard InChI is InChI=1S/C21H22N4O/c26-21(17-6-7-17)24-12-10-16(11-13-24)20-22-19-9-8-18(14-25(19)23-20)15-4-2-1-3-5-15/h1-5,8-9,14,16-17H,6-7,10-13H2. The number of pyridine rings is 1. The number of hydrogen-bond donors (Lipinski definition) is 0. The van der Waals surface area contributed by atoms with Crippen LogP contribution in [0.2, 0.25) is 0 Å². The second-order valence-corrected chi connectivity index (χ2v) is 7.43. The Morgan fingerprint density at radius 2 is 1.69 bits per heavy atom. The van der Waals surface area contributed by atoms with Crippen LogP contribution in [0.5, 0.6) is 0 Å². The first-order valence-electron chi connectivity index (χ1n) is 9.48. The number of nitrogens with zero attached hydrogens (tertiary/aromatic N) is 4. The van der Waals surface area contributed by atoms with E-state index in [2.05, 4.69) is 18.2 Å². The largest absolute Gasteiger partial charge is 0.342 e. The van der Waals surface area contributed by atoms with Crippen LogP contribution < -0.4 is 0 Å². The molecule has 1 saturated heterocycles. The molecule has 0 radical (unpaired) electrons. The first kappa shape index (κ1) is 15.6. The van der Waals surface area contributed by atoms with E-state index in [1.807, 2.05) is 39.9 Å². The molecule has 26 heavy (non-hydrogen) atoms. The summed E-state index contributed by atoms with van der Waals surface area (Å²) >= 11 is 0. The summed E-state index contributed by atoms with van der Waals surface area (Å²) in [5.41, 5.74) is 3.20. The lowest BCUT2D eigenvalue weighted by atomic mass is 9.96. The Labute approximate surface area is 152 Å². The Bertz CT molecular complexity index is 937. The van der Waals surface area contributed by atoms with Crippen molar-refractivity contribution in [2.24, 2.45) is 5.92 Å². The van der Waals surface area contributed by atoms with Crippen molar-refractivity contribution in [3.05, 3.63) is 54.5 Å². The molecule has 132 valence electrons. The molecule has 1 saturated carbocycles. The lowest BCUT2D eigenvalue weighted by Gasteiger charge is -2.30. The van der Waals surface area contributed by atoms with Crippen LogP contribution >= 0.6 is 0 Å². The highest BCUT2D eigenvalue weighted by Gasteiger charge is 2.35. The summed E-state index contributed by atoms with van der Waals surface area (Å²) in [5, 5.41) is 4.74. The summed E-state index contributed by atoms with van der Waals surface area (Å²) < 4.78 is 1.89. The number of fused-ring (bicyclic) bond motifs is 1. The van der Waals surface area contributed by atoms with Crippen LogP contribution in [0.25, 0.3) is 16.8 Å². The molecule has 0 atom stereocenters. The van der Waals surface area contributed by atoms with Crippen molar-refractivity contribution in [1.29, 1.82) is 0 Å². The van der Waals surface area contributed by atoms with Crippen molar-refractivity contribution in [3.8, 4) is 11.1 Å². The quantitative estimate of drug-likeness (QED) is 0.729. The van der Waals surface area contributed by atoms with Gasteiger partial charge >= 0.3 is 0 Å². The first-order chi connectivity index (χ1) is 12.8. The van der Waals surface area contributed by atoms with E-state index in [1.54, 1.807) is 0 Å². The van der Waals surface area contributed by atoms with E-state index in [1.165, 1.54) is 5.56 Å². The van der Waals surface area contributed by atoms with Gasteiger partial charge in [0.2, 0.25) is 5.91 Å². The molecule has 1 amide bonds. The maximum absolute atomic E-state index is 12.2. The number of rotatable bonds is 3. The van der Waals surface area contributed by atoms with Crippen molar-refractivity contribution in [2.75, 3.05) is 13.1 Å². The summed E-state index contributed by atoms with van der Waals surface area (Å²) in [6.45, 7) is 1.68. The van der Waals surface area contributed by atoms with E-state index < -0.39 is 0 Å². The Morgan fingerprint density at radius 3 is 2.42 bits per heavy atom. The molecule has 3 aromatic rings. The SMILES string of the molecule is O=C(C1CC1)N1CCC(c2nc3ccc(-c4ccccc4)cn3n2)CC1. The molecule has 3 heterocycles. The minimum Gasteiger partial charge on any atom is -0.342 e. The highest BCUT2D eigenvalue weighted by Crippen LogP contribution is 2.34. The minimum atomic E-state index is 0.316. The molecule has 2 aromatic heterocycles. The van der Waals surface area contributed by atoms with Crippen LogP contribution in [0, 0.1) is 5.92 Å². The zero-order valence-corrected chi connectivity index (χ0v) is 14.7. The molecule has 1 aliphatic carbocycles. The second kappa shape index (κ2) is 6.24. The van der Waals surface area contributed by atoms with Gasteiger partial charge in [-0.05, 0) is 43.4 Å². The third kappa shape index (κ3) is 2.87. The molecule has 1 aromatic carbocycles. The Kier molecular flexibility index (Phi) is 3.73. The number of piperidine rings is 1. The van der Waals surface area contributed by atoms with Gasteiger partial charge < -0.3 is 4.90 Å². The van der Waals surface area contributed by atoms with E-state index in [4.69, 9.17) is 10.1 Å². The van der Waals surface area contributed by atoms with Gasteiger partial charge in [0.05, 0.1) is 0 Å². The number of carbonyl (C=O) groups excluding carboxylic acids is 1. The third-order valence-corrected chi connectivity index (χ3v) is 5.55. The number of benzene rings is 1. The number of carbonyl (C=O) groups is 1. The lowest BCUT2D eigenvalue weighted by Crippen LogP contribution is -2.38. The van der Waals surface area contributed by atoms with E-state index in [0.29, 0.717) is 17.7 Å². The zero-order valence-electron chi connectivity index (χ0n) is 14.7. The maximum atomic E-state index is 12.2. The fraction of sp³-hybridized carbons (Fsp3) is 0.381. The Balaban J connectivity index is 1.34. The Hall–Kier alpha value is -2.69. The molecule has 2 aliphatic rings. The van der Waals surface area contributed by atoms with Gasteiger partial charge in [0.25, 0.3) is 0 Å². The van der Waals surface area contributed by atoms with Gasteiger partial charge in [-0.3, -0.25) is 4.79 Å². The van der Waals surface area contributed by atoms with Crippen molar-refractivity contribution in [1.82, 2.24) is 19.5 Å². The van der Waals surface area contributed by atoms with Crippen molar-refractivity contribution >= 4 is 11.6 Å². The monoisotopic (exact) mass is 346 g/mol. The van der Waals surface area contributed by atoms with Crippen LogP contribution in [0.1, 0.15) is 37.4 Å². The van der Waals surface area contributed by atoms with Gasteiger partial charge in [0.15, 0.2) is 11.5 Å². The van der Waals surface area contributed by atoms with E-state index in [9.17, 15) is 4.79 Å². The second-order valence-electron chi connectivity index (χ2n) is 7.43. The third-order valence-electron chi connectivity index (χ3n) is 5.55. The fourth-order valence-corrected chi connectivity index (χ4v) is 3.82. The summed E-state index contributed by atoms with van der Waals surface area (Å²) in [4.78, 5) is 19.0. The smallest absolute Gasteiger partial charge is 0.225 e. The van der Waals surface area contributed by atoms with Crippen molar-refractivity contribution in [3.63, 3.8) is 0 Å². The summed E-state index contributed by atoms with van der Waals surface area (Å²) in [5.74, 6) is 1.93. The average Bonchev–Trinajstić information content (AvgIpc) is 3.46. The molecule has 0 bridgehead atoms. The molecule has 5 rings (SSSR count). The summed E-state index contributed by atoms with van der Waals surface area (Å²) in [6.07, 6.45) is 6.13. The molecule has 1 aliphatic heterocycles. The first-order valence-corrected chi connectivity index (χ1v) is 9.48. The lowest BCUT2D eigenvalue weighted by molar-refractivity contribution is -0.133. The number of likely N-dealkylation sites (tertiary alicyclic amines) is 1. The number of aromatic nitrogens is 3. The normalized spacial score (nSPS) is 18.4. The highest BCUT2D eigenvalue weighted by atomic mass is 16.2. The average molecular weight is 346 g/mol. The molecule has 0 unspecified atom stereocenters. The molecular formula is C21H22N4O. The fourth-order valence-electron chi connectivity index (χ4n) is 3.82. The molecule has 5 nitrogen and oxygen atoms in total. The number of hydrogen-bond acceptors (Lipinski definition) is 3. The molecule has 0 spiro atoms. The Morgan fingerprint density at radius 1 is 0.923 bits per heavy atom. The predicted octanol–water partition coefficient (Wildman–Crippen LogP) is 3.51. The van der Waals surface area contributed by atoms with Crippen LogP contribution in [0.15, 0.2) is 48.7 Å².